The van der Waals surface area contributed by atoms with Gasteiger partial charge in [0, 0.05) is 37.8 Å². The Balaban J connectivity index is 1.76. The van der Waals surface area contributed by atoms with Crippen LogP contribution in [0, 0.1) is 17.0 Å². The average Bonchev–Trinajstić information content (AvgIpc) is 2.56. The van der Waals surface area contributed by atoms with Gasteiger partial charge in [-0.3, -0.25) is 14.5 Å². The zero-order valence-electron chi connectivity index (χ0n) is 15.6. The van der Waals surface area contributed by atoms with E-state index in [-0.39, 0.29) is 23.4 Å². The van der Waals surface area contributed by atoms with Gasteiger partial charge in [-0.05, 0) is 30.5 Å². The van der Waals surface area contributed by atoms with Crippen LogP contribution in [0.3, 0.4) is 0 Å². The molecule has 0 spiro atoms. The number of nitrogens with zero attached hydrogens (tertiary/aromatic N) is 2. The molecule has 2 amide bonds. The van der Waals surface area contributed by atoms with Gasteiger partial charge in [0.05, 0.1) is 6.54 Å². The smallest absolute Gasteiger partial charge is 0.251 e. The highest BCUT2D eigenvalue weighted by molar-refractivity contribution is 5.96. The normalized spacial score (nSPS) is 15.8. The van der Waals surface area contributed by atoms with E-state index in [0.29, 0.717) is 19.2 Å². The Hall–Kier alpha value is -2.02. The second kappa shape index (κ2) is 8.58. The highest BCUT2D eigenvalue weighted by Gasteiger charge is 2.22. The topological polar surface area (TPSA) is 52.6 Å². The predicted molar refractivity (Wildman–Crippen MR) is 95.8 cm³/mol. The number of rotatable bonds is 5. The van der Waals surface area contributed by atoms with Crippen molar-refractivity contribution in [1.29, 1.82) is 0 Å². The number of nitrogens with one attached hydrogen (secondary N) is 1. The van der Waals surface area contributed by atoms with E-state index >= 15 is 0 Å². The summed E-state index contributed by atoms with van der Waals surface area (Å²) in [5.74, 6) is -2.51. The number of piperazine rings is 1. The molecular weight excluding hydrogens is 340 g/mol. The summed E-state index contributed by atoms with van der Waals surface area (Å²) in [6, 6.07) is 2.58. The first-order valence-corrected chi connectivity index (χ1v) is 8.88. The number of amides is 2. The predicted octanol–water partition coefficient (Wildman–Crippen LogP) is 2.28. The summed E-state index contributed by atoms with van der Waals surface area (Å²) < 4.78 is 26.3. The van der Waals surface area contributed by atoms with E-state index in [1.54, 1.807) is 4.90 Å². The van der Waals surface area contributed by atoms with E-state index in [1.165, 1.54) is 0 Å². The highest BCUT2D eigenvalue weighted by atomic mass is 19.1. The highest BCUT2D eigenvalue weighted by Crippen LogP contribution is 2.19. The maximum absolute atomic E-state index is 13.2. The molecule has 0 aliphatic carbocycles. The first-order chi connectivity index (χ1) is 12.1. The third-order valence-corrected chi connectivity index (χ3v) is 4.43. The van der Waals surface area contributed by atoms with Gasteiger partial charge in [0.15, 0.2) is 0 Å². The monoisotopic (exact) mass is 367 g/mol. The van der Waals surface area contributed by atoms with Crippen LogP contribution in [0.2, 0.25) is 0 Å². The molecule has 1 saturated heterocycles. The molecule has 1 aromatic rings. The SMILES string of the molecule is CC(C)(C)CCN1CCN(C(=O)CNC(=O)c2cc(F)cc(F)c2)CC1. The summed E-state index contributed by atoms with van der Waals surface area (Å²) in [6.45, 7) is 10.3. The summed E-state index contributed by atoms with van der Waals surface area (Å²) in [4.78, 5) is 28.2. The summed E-state index contributed by atoms with van der Waals surface area (Å²) in [5, 5.41) is 2.43. The molecule has 0 bridgehead atoms. The van der Waals surface area contributed by atoms with Crippen LogP contribution in [0.5, 0.6) is 0 Å². The molecule has 1 N–H and O–H groups in total. The fourth-order valence-corrected chi connectivity index (χ4v) is 2.77. The summed E-state index contributed by atoms with van der Waals surface area (Å²) in [7, 11) is 0. The Morgan fingerprint density at radius 2 is 1.62 bits per heavy atom. The molecule has 7 heteroatoms. The van der Waals surface area contributed by atoms with E-state index in [1.807, 2.05) is 0 Å². The first kappa shape index (κ1) is 20.3. The quantitative estimate of drug-likeness (QED) is 0.869. The number of benzene rings is 1. The van der Waals surface area contributed by atoms with Crippen molar-refractivity contribution in [2.75, 3.05) is 39.3 Å². The van der Waals surface area contributed by atoms with Gasteiger partial charge in [-0.15, -0.1) is 0 Å². The van der Waals surface area contributed by atoms with E-state index in [9.17, 15) is 18.4 Å². The lowest BCUT2D eigenvalue weighted by Gasteiger charge is -2.36. The average molecular weight is 367 g/mol. The summed E-state index contributed by atoms with van der Waals surface area (Å²) in [6.07, 6.45) is 1.10. The second-order valence-corrected chi connectivity index (χ2v) is 7.87. The van der Waals surface area contributed by atoms with Crippen LogP contribution in [0.4, 0.5) is 8.78 Å². The third-order valence-electron chi connectivity index (χ3n) is 4.43. The molecule has 0 saturated carbocycles. The van der Waals surface area contributed by atoms with Gasteiger partial charge >= 0.3 is 0 Å². The van der Waals surface area contributed by atoms with E-state index in [4.69, 9.17) is 0 Å². The standard InChI is InChI=1S/C19H27F2N3O2/c1-19(2,3)4-5-23-6-8-24(9-7-23)17(25)13-22-18(26)14-10-15(20)12-16(21)11-14/h10-12H,4-9,13H2,1-3H3,(H,22,26). The largest absolute Gasteiger partial charge is 0.343 e. The van der Waals surface area contributed by atoms with Crippen molar-refractivity contribution in [2.24, 2.45) is 5.41 Å². The fraction of sp³-hybridized carbons (Fsp3) is 0.579. The van der Waals surface area contributed by atoms with Crippen molar-refractivity contribution < 1.29 is 18.4 Å². The summed E-state index contributed by atoms with van der Waals surface area (Å²) >= 11 is 0. The Morgan fingerprint density at radius 1 is 1.04 bits per heavy atom. The van der Waals surface area contributed by atoms with Crippen molar-refractivity contribution in [3.05, 3.63) is 35.4 Å². The summed E-state index contributed by atoms with van der Waals surface area (Å²) in [5.41, 5.74) is 0.149. The Kier molecular flexibility index (Phi) is 6.69. The van der Waals surface area contributed by atoms with Crippen LogP contribution in [0.15, 0.2) is 18.2 Å². The maximum Gasteiger partial charge on any atom is 0.251 e. The zero-order valence-corrected chi connectivity index (χ0v) is 15.6. The number of halogens is 2. The van der Waals surface area contributed by atoms with Crippen LogP contribution in [-0.2, 0) is 4.79 Å². The van der Waals surface area contributed by atoms with Crippen LogP contribution in [0.1, 0.15) is 37.6 Å². The molecule has 0 unspecified atom stereocenters. The molecule has 5 nitrogen and oxygen atoms in total. The maximum atomic E-state index is 13.2. The molecule has 0 atom stereocenters. The second-order valence-electron chi connectivity index (χ2n) is 7.87. The molecule has 26 heavy (non-hydrogen) atoms. The lowest BCUT2D eigenvalue weighted by Crippen LogP contribution is -2.51. The molecule has 0 aromatic heterocycles. The minimum Gasteiger partial charge on any atom is -0.343 e. The van der Waals surface area contributed by atoms with Gasteiger partial charge in [0.1, 0.15) is 11.6 Å². The number of carbonyl (C=O) groups excluding carboxylic acids is 2. The van der Waals surface area contributed by atoms with Crippen molar-refractivity contribution in [1.82, 2.24) is 15.1 Å². The number of carbonyl (C=O) groups is 2. The first-order valence-electron chi connectivity index (χ1n) is 8.88. The number of hydrogen-bond donors (Lipinski definition) is 1. The van der Waals surface area contributed by atoms with Gasteiger partial charge < -0.3 is 10.2 Å². The molecule has 144 valence electrons. The zero-order chi connectivity index (χ0) is 19.3. The van der Waals surface area contributed by atoms with Gasteiger partial charge in [-0.2, -0.15) is 0 Å². The lowest BCUT2D eigenvalue weighted by atomic mass is 9.92. The Bertz CT molecular complexity index is 630. The van der Waals surface area contributed by atoms with Gasteiger partial charge in [0.25, 0.3) is 5.91 Å². The number of hydrogen-bond acceptors (Lipinski definition) is 3. The molecule has 0 radical (unpaired) electrons. The Morgan fingerprint density at radius 3 is 2.15 bits per heavy atom. The van der Waals surface area contributed by atoms with E-state index < -0.39 is 17.5 Å². The fourth-order valence-electron chi connectivity index (χ4n) is 2.77. The van der Waals surface area contributed by atoms with Gasteiger partial charge in [-0.25, -0.2) is 8.78 Å². The van der Waals surface area contributed by atoms with Crippen LogP contribution >= 0.6 is 0 Å². The van der Waals surface area contributed by atoms with Crippen LogP contribution in [0.25, 0.3) is 0 Å². The lowest BCUT2D eigenvalue weighted by molar-refractivity contribution is -0.131. The molecule has 2 rings (SSSR count). The van der Waals surface area contributed by atoms with E-state index in [0.717, 1.165) is 38.2 Å². The van der Waals surface area contributed by atoms with Crippen molar-refractivity contribution in [3.8, 4) is 0 Å². The van der Waals surface area contributed by atoms with Crippen LogP contribution < -0.4 is 5.32 Å². The molecular formula is C19H27F2N3O2. The third kappa shape index (κ3) is 6.37. The molecule has 1 heterocycles. The van der Waals surface area contributed by atoms with Gasteiger partial charge in [-0.1, -0.05) is 20.8 Å². The van der Waals surface area contributed by atoms with Crippen LogP contribution in [-0.4, -0.2) is 60.9 Å². The Labute approximate surface area is 153 Å². The molecule has 1 aliphatic rings. The minimum absolute atomic E-state index is 0.137. The molecule has 1 aliphatic heterocycles. The van der Waals surface area contributed by atoms with Crippen molar-refractivity contribution in [3.63, 3.8) is 0 Å². The molecule has 1 fully saturated rings. The van der Waals surface area contributed by atoms with Crippen molar-refractivity contribution in [2.45, 2.75) is 27.2 Å². The van der Waals surface area contributed by atoms with Gasteiger partial charge in [0.2, 0.25) is 5.91 Å². The van der Waals surface area contributed by atoms with E-state index in [2.05, 4.69) is 31.0 Å². The molecule has 1 aromatic carbocycles. The minimum atomic E-state index is -0.826. The van der Waals surface area contributed by atoms with Crippen molar-refractivity contribution >= 4 is 11.8 Å².